The van der Waals surface area contributed by atoms with Gasteiger partial charge in [-0.1, -0.05) is 42.5 Å². The molecule has 0 saturated carbocycles. The summed E-state index contributed by atoms with van der Waals surface area (Å²) in [5, 5.41) is 0.192. The van der Waals surface area contributed by atoms with Gasteiger partial charge in [-0.05, 0) is 53.4 Å². The van der Waals surface area contributed by atoms with Crippen molar-refractivity contribution in [1.82, 2.24) is 0 Å². The molecule has 6 nitrogen and oxygen atoms in total. The Morgan fingerprint density at radius 2 is 1.41 bits per heavy atom. The number of benzene rings is 3. The number of hydrogen-bond donors (Lipinski definition) is 0. The van der Waals surface area contributed by atoms with E-state index in [9.17, 15) is 14.2 Å². The van der Waals surface area contributed by atoms with E-state index in [2.05, 4.69) is 15.9 Å². The normalized spacial score (nSPS) is 12.6. The van der Waals surface area contributed by atoms with Gasteiger partial charge in [0.2, 0.25) is 18.2 Å². The van der Waals surface area contributed by atoms with E-state index < -0.39 is 18.2 Å². The van der Waals surface area contributed by atoms with Gasteiger partial charge in [-0.15, -0.1) is 0 Å². The summed E-state index contributed by atoms with van der Waals surface area (Å²) in [6, 6.07) is 13.1. The standard InChI is InChI=1S/C26H26BrO6P/c1-15-12-13-21(17(3)16(15)2)34(30,25(28)18-10-8-7-9-11-18)26(29)22-23(32-5)19(27)14-20(31-4)24(22)33-6/h7-14H,1-6H3. The number of halogens is 1. The van der Waals surface area contributed by atoms with E-state index in [1.54, 1.807) is 55.5 Å². The molecule has 0 N–H and O–H groups in total. The third-order valence-corrected chi connectivity index (χ3v) is 9.33. The van der Waals surface area contributed by atoms with Crippen LogP contribution in [-0.4, -0.2) is 32.4 Å². The van der Waals surface area contributed by atoms with E-state index in [1.807, 2.05) is 13.8 Å². The Kier molecular flexibility index (Phi) is 7.69. The van der Waals surface area contributed by atoms with Gasteiger partial charge < -0.3 is 18.8 Å². The minimum atomic E-state index is -4.43. The van der Waals surface area contributed by atoms with Crippen molar-refractivity contribution in [2.45, 2.75) is 20.8 Å². The van der Waals surface area contributed by atoms with Crippen LogP contribution < -0.4 is 19.5 Å². The number of aryl methyl sites for hydroxylation is 1. The Hall–Kier alpha value is -2.89. The topological polar surface area (TPSA) is 78.9 Å². The molecule has 3 rings (SSSR count). The lowest BCUT2D eigenvalue weighted by atomic mass is 10.1. The van der Waals surface area contributed by atoms with Gasteiger partial charge in [-0.25, -0.2) is 0 Å². The molecule has 8 heteroatoms. The fourth-order valence-corrected chi connectivity index (χ4v) is 7.00. The lowest BCUT2D eigenvalue weighted by Gasteiger charge is -2.23. The molecule has 0 aromatic heterocycles. The van der Waals surface area contributed by atoms with E-state index in [-0.39, 0.29) is 33.7 Å². The van der Waals surface area contributed by atoms with Crippen molar-refractivity contribution in [2.24, 2.45) is 0 Å². The Morgan fingerprint density at radius 3 is 1.97 bits per heavy atom. The maximum atomic E-state index is 14.9. The van der Waals surface area contributed by atoms with Crippen LogP contribution in [0.15, 0.2) is 53.0 Å². The highest BCUT2D eigenvalue weighted by Crippen LogP contribution is 2.56. The Labute approximate surface area is 207 Å². The molecule has 0 aliphatic heterocycles. The average Bonchev–Trinajstić information content (AvgIpc) is 2.85. The number of hydrogen-bond acceptors (Lipinski definition) is 6. The van der Waals surface area contributed by atoms with Crippen LogP contribution >= 0.6 is 23.1 Å². The van der Waals surface area contributed by atoms with Gasteiger partial charge in [0.15, 0.2) is 11.5 Å². The first-order chi connectivity index (χ1) is 16.1. The van der Waals surface area contributed by atoms with Gasteiger partial charge in [0, 0.05) is 16.9 Å². The maximum Gasteiger partial charge on any atom is 0.249 e. The molecule has 0 aliphatic rings. The van der Waals surface area contributed by atoms with Gasteiger partial charge in [-0.2, -0.15) is 0 Å². The van der Waals surface area contributed by atoms with E-state index in [4.69, 9.17) is 14.2 Å². The van der Waals surface area contributed by atoms with Crippen LogP contribution in [0.4, 0.5) is 0 Å². The highest BCUT2D eigenvalue weighted by atomic mass is 79.9. The van der Waals surface area contributed by atoms with Crippen LogP contribution in [0.2, 0.25) is 0 Å². The molecule has 0 fully saturated rings. The number of methoxy groups -OCH3 is 3. The number of carbonyl (C=O) groups is 2. The third kappa shape index (κ3) is 4.19. The molecule has 0 radical (unpaired) electrons. The molecule has 0 saturated heterocycles. The average molecular weight is 545 g/mol. The van der Waals surface area contributed by atoms with E-state index >= 15 is 0 Å². The number of rotatable bonds is 8. The molecule has 0 spiro atoms. The Morgan fingerprint density at radius 1 is 0.794 bits per heavy atom. The van der Waals surface area contributed by atoms with Crippen LogP contribution in [0.5, 0.6) is 17.2 Å². The van der Waals surface area contributed by atoms with E-state index in [1.165, 1.54) is 21.3 Å². The van der Waals surface area contributed by atoms with Crippen molar-refractivity contribution < 1.29 is 28.4 Å². The minimum absolute atomic E-state index is 0.0372. The van der Waals surface area contributed by atoms with Crippen molar-refractivity contribution in [3.05, 3.63) is 80.8 Å². The third-order valence-electron chi connectivity index (χ3n) is 5.96. The predicted octanol–water partition coefficient (Wildman–Crippen LogP) is 6.07. The molecular formula is C26H26BrO6P. The summed E-state index contributed by atoms with van der Waals surface area (Å²) in [6.07, 6.45) is 0. The molecular weight excluding hydrogens is 519 g/mol. The summed E-state index contributed by atoms with van der Waals surface area (Å²) in [7, 11) is -0.252. The fourth-order valence-electron chi connectivity index (χ4n) is 3.85. The van der Waals surface area contributed by atoms with Gasteiger partial charge in [0.25, 0.3) is 0 Å². The van der Waals surface area contributed by atoms with Crippen LogP contribution in [0.3, 0.4) is 0 Å². The fraction of sp³-hybridized carbons (Fsp3) is 0.231. The molecule has 1 unspecified atom stereocenters. The van der Waals surface area contributed by atoms with Crippen LogP contribution in [0.1, 0.15) is 37.4 Å². The summed E-state index contributed by atoms with van der Waals surface area (Å²) in [5.74, 6) is 0.370. The minimum Gasteiger partial charge on any atom is -0.495 e. The molecule has 0 bridgehead atoms. The van der Waals surface area contributed by atoms with Crippen LogP contribution in [0.25, 0.3) is 0 Å². The molecule has 1 atom stereocenters. The van der Waals surface area contributed by atoms with Gasteiger partial charge in [0.05, 0.1) is 25.8 Å². The predicted molar refractivity (Wildman–Crippen MR) is 137 cm³/mol. The number of carbonyl (C=O) groups excluding carboxylic acids is 2. The molecule has 178 valence electrons. The van der Waals surface area contributed by atoms with Crippen molar-refractivity contribution in [3.8, 4) is 17.2 Å². The van der Waals surface area contributed by atoms with Gasteiger partial charge in [0.1, 0.15) is 11.3 Å². The summed E-state index contributed by atoms with van der Waals surface area (Å²) >= 11 is 3.38. The summed E-state index contributed by atoms with van der Waals surface area (Å²) in [5.41, 5.74) is 0.858. The monoisotopic (exact) mass is 544 g/mol. The van der Waals surface area contributed by atoms with Crippen LogP contribution in [0, 0.1) is 20.8 Å². The first kappa shape index (κ1) is 25.7. The first-order valence-corrected chi connectivity index (χ1v) is 12.9. The summed E-state index contributed by atoms with van der Waals surface area (Å²) in [6.45, 7) is 5.56. The summed E-state index contributed by atoms with van der Waals surface area (Å²) in [4.78, 5) is 28.2. The molecule has 0 aliphatic carbocycles. The lowest BCUT2D eigenvalue weighted by Crippen LogP contribution is -2.24. The second-order valence-electron chi connectivity index (χ2n) is 7.74. The Bertz CT molecular complexity index is 1320. The van der Waals surface area contributed by atoms with Crippen molar-refractivity contribution in [2.75, 3.05) is 21.3 Å². The first-order valence-electron chi connectivity index (χ1n) is 10.4. The van der Waals surface area contributed by atoms with E-state index in [0.717, 1.165) is 11.1 Å². The highest BCUT2D eigenvalue weighted by molar-refractivity contribution is 9.10. The molecule has 3 aromatic carbocycles. The van der Waals surface area contributed by atoms with Gasteiger partial charge in [-0.3, -0.25) is 9.59 Å². The second kappa shape index (κ2) is 10.2. The summed E-state index contributed by atoms with van der Waals surface area (Å²) < 4.78 is 31.7. The molecule has 3 aromatic rings. The number of ether oxygens (including phenoxy) is 3. The maximum absolute atomic E-state index is 14.9. The zero-order valence-corrected chi connectivity index (χ0v) is 22.4. The SMILES string of the molecule is COc1cc(Br)c(OC)c(C(=O)P(=O)(C(=O)c2ccccc2)c2ccc(C)c(C)c2C)c1OC. The van der Waals surface area contributed by atoms with Gasteiger partial charge >= 0.3 is 0 Å². The lowest BCUT2D eigenvalue weighted by molar-refractivity contribution is 0.103. The van der Waals surface area contributed by atoms with Crippen molar-refractivity contribution in [1.29, 1.82) is 0 Å². The smallest absolute Gasteiger partial charge is 0.249 e. The van der Waals surface area contributed by atoms with E-state index in [0.29, 0.717) is 10.0 Å². The molecule has 0 amide bonds. The van der Waals surface area contributed by atoms with Crippen LogP contribution in [-0.2, 0) is 4.57 Å². The largest absolute Gasteiger partial charge is 0.495 e. The highest BCUT2D eigenvalue weighted by Gasteiger charge is 2.47. The molecule has 0 heterocycles. The second-order valence-corrected chi connectivity index (χ2v) is 11.1. The zero-order chi connectivity index (χ0) is 25.2. The van der Waals surface area contributed by atoms with Crippen molar-refractivity contribution in [3.63, 3.8) is 0 Å². The quantitative estimate of drug-likeness (QED) is 0.320. The van der Waals surface area contributed by atoms with Crippen molar-refractivity contribution >= 4 is 39.4 Å². The molecule has 34 heavy (non-hydrogen) atoms. The zero-order valence-electron chi connectivity index (χ0n) is 19.9. The Balaban J connectivity index is 2.44.